The van der Waals surface area contributed by atoms with Crippen molar-refractivity contribution in [1.82, 2.24) is 0 Å². The van der Waals surface area contributed by atoms with Gasteiger partial charge in [-0.1, -0.05) is 40.2 Å². The molecule has 0 aliphatic carbocycles. The number of carbonyl (C=O) groups excluding carboxylic acids is 1. The number of ether oxygens (including phenoxy) is 1. The van der Waals surface area contributed by atoms with Gasteiger partial charge in [0.05, 0.1) is 6.61 Å². The summed E-state index contributed by atoms with van der Waals surface area (Å²) in [5.41, 5.74) is 3.56. The molecule has 0 aromatic heterocycles. The first-order valence-electron chi connectivity index (χ1n) is 7.21. The number of fused-ring (bicyclic) bond motifs is 1. The summed E-state index contributed by atoms with van der Waals surface area (Å²) in [7, 11) is 0. The van der Waals surface area contributed by atoms with Crippen molar-refractivity contribution in [2.24, 2.45) is 0 Å². The summed E-state index contributed by atoms with van der Waals surface area (Å²) < 4.78 is 6.52. The summed E-state index contributed by atoms with van der Waals surface area (Å²) in [4.78, 5) is 12.1. The predicted molar refractivity (Wildman–Crippen MR) is 86.8 cm³/mol. The normalized spacial score (nSPS) is 12.8. The van der Waals surface area contributed by atoms with Crippen molar-refractivity contribution in [3.63, 3.8) is 0 Å². The molecule has 1 aliphatic rings. The third kappa shape index (κ3) is 3.73. The molecule has 3 heteroatoms. The highest BCUT2D eigenvalue weighted by Crippen LogP contribution is 2.26. The Morgan fingerprint density at radius 2 is 2.05 bits per heavy atom. The number of halogens is 1. The van der Waals surface area contributed by atoms with E-state index in [-0.39, 0.29) is 5.78 Å². The maximum Gasteiger partial charge on any atom is 0.137 e. The lowest BCUT2D eigenvalue weighted by atomic mass is 10.0. The van der Waals surface area contributed by atoms with Crippen LogP contribution < -0.4 is 4.74 Å². The molecule has 0 saturated heterocycles. The minimum Gasteiger partial charge on any atom is -0.493 e. The molecule has 108 valence electrons. The Labute approximate surface area is 133 Å². The van der Waals surface area contributed by atoms with Crippen molar-refractivity contribution in [2.75, 3.05) is 6.61 Å². The van der Waals surface area contributed by atoms with E-state index < -0.39 is 0 Å². The van der Waals surface area contributed by atoms with E-state index >= 15 is 0 Å². The van der Waals surface area contributed by atoms with Crippen molar-refractivity contribution in [1.29, 1.82) is 0 Å². The fraction of sp³-hybridized carbons (Fsp3) is 0.278. The van der Waals surface area contributed by atoms with Gasteiger partial charge in [0.15, 0.2) is 0 Å². The van der Waals surface area contributed by atoms with E-state index in [0.717, 1.165) is 35.2 Å². The van der Waals surface area contributed by atoms with Crippen molar-refractivity contribution in [2.45, 2.75) is 25.7 Å². The van der Waals surface area contributed by atoms with E-state index in [1.807, 2.05) is 30.3 Å². The number of benzene rings is 2. The lowest BCUT2D eigenvalue weighted by molar-refractivity contribution is -0.118. The second-order valence-corrected chi connectivity index (χ2v) is 6.30. The van der Waals surface area contributed by atoms with E-state index in [2.05, 4.69) is 28.1 Å². The molecule has 21 heavy (non-hydrogen) atoms. The minimum atomic E-state index is 0.282. The molecular weight excluding hydrogens is 328 g/mol. The number of aryl methyl sites for hydroxylation is 1. The molecule has 0 saturated carbocycles. The average molecular weight is 345 g/mol. The summed E-state index contributed by atoms with van der Waals surface area (Å²) >= 11 is 3.43. The van der Waals surface area contributed by atoms with E-state index in [0.29, 0.717) is 12.8 Å². The van der Waals surface area contributed by atoms with Crippen LogP contribution in [0.3, 0.4) is 0 Å². The maximum absolute atomic E-state index is 12.1. The van der Waals surface area contributed by atoms with Crippen LogP contribution in [-0.2, 0) is 24.1 Å². The fourth-order valence-electron chi connectivity index (χ4n) is 2.64. The quantitative estimate of drug-likeness (QED) is 0.815. The van der Waals surface area contributed by atoms with Gasteiger partial charge in [0.25, 0.3) is 0 Å². The van der Waals surface area contributed by atoms with E-state index in [1.54, 1.807) is 0 Å². The summed E-state index contributed by atoms with van der Waals surface area (Å²) in [5, 5.41) is 0. The van der Waals surface area contributed by atoms with Gasteiger partial charge in [0.1, 0.15) is 11.5 Å². The average Bonchev–Trinajstić information content (AvgIpc) is 2.92. The van der Waals surface area contributed by atoms with Crippen LogP contribution in [0.4, 0.5) is 0 Å². The fourth-order valence-corrected chi connectivity index (χ4v) is 3.09. The highest BCUT2D eigenvalue weighted by molar-refractivity contribution is 9.10. The zero-order chi connectivity index (χ0) is 14.7. The molecular formula is C18H17BrO2. The van der Waals surface area contributed by atoms with Gasteiger partial charge >= 0.3 is 0 Å². The van der Waals surface area contributed by atoms with Gasteiger partial charge in [-0.05, 0) is 41.3 Å². The van der Waals surface area contributed by atoms with Crippen LogP contribution in [0.25, 0.3) is 0 Å². The molecule has 1 aliphatic heterocycles. The number of hydrogen-bond acceptors (Lipinski definition) is 2. The zero-order valence-electron chi connectivity index (χ0n) is 11.8. The van der Waals surface area contributed by atoms with E-state index in [4.69, 9.17) is 4.74 Å². The van der Waals surface area contributed by atoms with Crippen LogP contribution >= 0.6 is 15.9 Å². The summed E-state index contributed by atoms with van der Waals surface area (Å²) in [6, 6.07) is 14.2. The van der Waals surface area contributed by atoms with Gasteiger partial charge in [-0.2, -0.15) is 0 Å². The van der Waals surface area contributed by atoms with E-state index in [1.165, 1.54) is 11.1 Å². The largest absolute Gasteiger partial charge is 0.493 e. The first-order valence-corrected chi connectivity index (χ1v) is 8.01. The Kier molecular flexibility index (Phi) is 4.39. The Hall–Kier alpha value is -1.61. The molecule has 0 fully saturated rings. The molecule has 0 spiro atoms. The highest BCUT2D eigenvalue weighted by Gasteiger charge is 2.12. The Morgan fingerprint density at radius 3 is 2.90 bits per heavy atom. The zero-order valence-corrected chi connectivity index (χ0v) is 13.4. The molecule has 2 nitrogen and oxygen atoms in total. The number of ketones is 1. The number of Topliss-reactive ketones (excluding diaryl/α,β-unsaturated/α-hetero) is 1. The topological polar surface area (TPSA) is 26.3 Å². The van der Waals surface area contributed by atoms with Crippen molar-refractivity contribution < 1.29 is 9.53 Å². The van der Waals surface area contributed by atoms with Gasteiger partial charge < -0.3 is 4.74 Å². The molecule has 0 bridgehead atoms. The van der Waals surface area contributed by atoms with Crippen molar-refractivity contribution in [3.05, 3.63) is 63.6 Å². The van der Waals surface area contributed by atoms with Crippen LogP contribution in [0.2, 0.25) is 0 Å². The van der Waals surface area contributed by atoms with Crippen molar-refractivity contribution >= 4 is 21.7 Å². The molecule has 0 N–H and O–H groups in total. The summed E-state index contributed by atoms with van der Waals surface area (Å²) in [6.45, 7) is 0.778. The molecule has 0 radical (unpaired) electrons. The minimum absolute atomic E-state index is 0.282. The number of rotatable bonds is 5. The Morgan fingerprint density at radius 1 is 1.14 bits per heavy atom. The monoisotopic (exact) mass is 344 g/mol. The number of hydrogen-bond donors (Lipinski definition) is 0. The van der Waals surface area contributed by atoms with Gasteiger partial charge in [0.2, 0.25) is 0 Å². The molecule has 1 heterocycles. The number of carbonyl (C=O) groups is 1. The highest BCUT2D eigenvalue weighted by atomic mass is 79.9. The summed E-state index contributed by atoms with van der Waals surface area (Å²) in [6.07, 6.45) is 2.88. The molecule has 2 aromatic carbocycles. The lowest BCUT2D eigenvalue weighted by Gasteiger charge is -2.05. The van der Waals surface area contributed by atoms with Gasteiger partial charge in [0, 0.05) is 23.7 Å². The summed E-state index contributed by atoms with van der Waals surface area (Å²) in [5.74, 6) is 1.28. The maximum atomic E-state index is 12.1. The van der Waals surface area contributed by atoms with E-state index in [9.17, 15) is 4.79 Å². The molecule has 2 aromatic rings. The molecule has 0 atom stereocenters. The first kappa shape index (κ1) is 14.3. The Balaban J connectivity index is 1.56. The third-order valence-electron chi connectivity index (χ3n) is 3.74. The molecule has 0 amide bonds. The van der Waals surface area contributed by atoms with Crippen LogP contribution in [0.15, 0.2) is 46.9 Å². The van der Waals surface area contributed by atoms with Crippen LogP contribution in [0.1, 0.15) is 23.1 Å². The van der Waals surface area contributed by atoms with Gasteiger partial charge in [-0.25, -0.2) is 0 Å². The standard InChI is InChI=1S/C18H17BrO2/c19-16-3-1-2-14(11-16)12-17(20)6-4-13-5-7-18-15(10-13)8-9-21-18/h1-3,5,7,10-11H,4,6,8-9,12H2. The van der Waals surface area contributed by atoms with Crippen molar-refractivity contribution in [3.8, 4) is 5.75 Å². The smallest absolute Gasteiger partial charge is 0.137 e. The molecule has 0 unspecified atom stereocenters. The van der Waals surface area contributed by atoms with Gasteiger partial charge in [-0.3, -0.25) is 4.79 Å². The third-order valence-corrected chi connectivity index (χ3v) is 4.23. The van der Waals surface area contributed by atoms with Crippen LogP contribution in [0, 0.1) is 0 Å². The second-order valence-electron chi connectivity index (χ2n) is 5.39. The van der Waals surface area contributed by atoms with Gasteiger partial charge in [-0.15, -0.1) is 0 Å². The lowest BCUT2D eigenvalue weighted by Crippen LogP contribution is -2.04. The SMILES string of the molecule is O=C(CCc1ccc2c(c1)CCO2)Cc1cccc(Br)c1. The second kappa shape index (κ2) is 6.44. The molecule has 3 rings (SSSR count). The van der Waals surface area contributed by atoms with Crippen LogP contribution in [-0.4, -0.2) is 12.4 Å². The Bertz CT molecular complexity index is 664. The predicted octanol–water partition coefficient (Wildman–Crippen LogP) is 4.13. The first-order chi connectivity index (χ1) is 10.2. The van der Waals surface area contributed by atoms with Crippen LogP contribution in [0.5, 0.6) is 5.75 Å².